The maximum absolute atomic E-state index is 11.8. The number of Topliss-reactive ketones (excluding diaryl/α,β-unsaturated/α-hetero) is 1. The normalized spacial score (nSPS) is 20.0. The molecule has 0 aromatic rings. The Kier molecular flexibility index (Phi) is 4.60. The van der Waals surface area contributed by atoms with Gasteiger partial charge in [0.05, 0.1) is 18.1 Å². The van der Waals surface area contributed by atoms with E-state index >= 15 is 0 Å². The Bertz CT molecular complexity index is 459. The molecule has 0 aromatic heterocycles. The van der Waals surface area contributed by atoms with Crippen LogP contribution in [0.4, 0.5) is 0 Å². The van der Waals surface area contributed by atoms with E-state index in [0.717, 1.165) is 0 Å². The van der Waals surface area contributed by atoms with Crippen LogP contribution in [0.5, 0.6) is 0 Å². The Balaban J connectivity index is 3.26. The number of rotatable bonds is 4. The molecule has 0 heterocycles. The first kappa shape index (κ1) is 13.9. The highest BCUT2D eigenvalue weighted by Crippen LogP contribution is 2.30. The summed E-state index contributed by atoms with van der Waals surface area (Å²) in [7, 11) is 0. The highest BCUT2D eigenvalue weighted by molar-refractivity contribution is 6.08. The van der Waals surface area contributed by atoms with E-state index in [0.29, 0.717) is 19.3 Å². The summed E-state index contributed by atoms with van der Waals surface area (Å²) >= 11 is 0. The van der Waals surface area contributed by atoms with Gasteiger partial charge >= 0.3 is 5.97 Å². The van der Waals surface area contributed by atoms with Crippen LogP contribution in [0.25, 0.3) is 0 Å². The van der Waals surface area contributed by atoms with Crippen LogP contribution >= 0.6 is 0 Å². The predicted octanol–water partition coefficient (Wildman–Crippen LogP) is 0.224. The molecule has 0 radical (unpaired) electrons. The molecule has 18 heavy (non-hydrogen) atoms. The van der Waals surface area contributed by atoms with Crippen molar-refractivity contribution in [1.29, 1.82) is 5.26 Å². The second-order valence-electron chi connectivity index (χ2n) is 3.90. The highest BCUT2D eigenvalue weighted by atomic mass is 16.5. The molecule has 6 nitrogen and oxygen atoms in total. The number of esters is 1. The van der Waals surface area contributed by atoms with Gasteiger partial charge in [-0.3, -0.25) is 9.59 Å². The molecule has 6 heteroatoms. The highest BCUT2D eigenvalue weighted by Gasteiger charge is 2.36. The van der Waals surface area contributed by atoms with Crippen LogP contribution in [0, 0.1) is 17.2 Å². The van der Waals surface area contributed by atoms with Crippen molar-refractivity contribution in [2.75, 3.05) is 6.61 Å². The van der Waals surface area contributed by atoms with Gasteiger partial charge in [0.1, 0.15) is 17.4 Å². The molecule has 2 N–H and O–H groups in total. The number of nitrogens with zero attached hydrogens (tertiary/aromatic N) is 1. The van der Waals surface area contributed by atoms with E-state index < -0.39 is 23.4 Å². The molecule has 1 fully saturated rings. The largest absolute Gasteiger partial charge is 0.463 e. The SMILES string of the molecule is CCOC(=O)/C(=C(\C#N)C(N)=O)C1CCCC1=O. The van der Waals surface area contributed by atoms with Gasteiger partial charge in [-0.1, -0.05) is 0 Å². The van der Waals surface area contributed by atoms with Crippen molar-refractivity contribution in [2.45, 2.75) is 26.2 Å². The van der Waals surface area contributed by atoms with Crippen molar-refractivity contribution < 1.29 is 19.1 Å². The molecule has 1 aliphatic carbocycles. The first-order chi connectivity index (χ1) is 8.52. The summed E-state index contributed by atoms with van der Waals surface area (Å²) in [5.41, 5.74) is 4.39. The average Bonchev–Trinajstić information content (AvgIpc) is 2.71. The topological polar surface area (TPSA) is 110 Å². The lowest BCUT2D eigenvalue weighted by Gasteiger charge is -2.13. The number of hydrogen-bond acceptors (Lipinski definition) is 5. The molecule has 1 unspecified atom stereocenters. The summed E-state index contributed by atoms with van der Waals surface area (Å²) in [4.78, 5) is 34.6. The molecule has 1 atom stereocenters. The van der Waals surface area contributed by atoms with Crippen LogP contribution in [0.2, 0.25) is 0 Å². The number of ether oxygens (including phenoxy) is 1. The Morgan fingerprint density at radius 3 is 2.61 bits per heavy atom. The van der Waals surface area contributed by atoms with Crippen LogP contribution in [0.3, 0.4) is 0 Å². The predicted molar refractivity (Wildman–Crippen MR) is 60.8 cm³/mol. The van der Waals surface area contributed by atoms with Gasteiger partial charge in [0.25, 0.3) is 5.91 Å². The van der Waals surface area contributed by atoms with E-state index in [9.17, 15) is 14.4 Å². The summed E-state index contributed by atoms with van der Waals surface area (Å²) < 4.78 is 4.79. The smallest absolute Gasteiger partial charge is 0.336 e. The zero-order valence-corrected chi connectivity index (χ0v) is 10.1. The lowest BCUT2D eigenvalue weighted by Crippen LogP contribution is -2.25. The Morgan fingerprint density at radius 2 is 2.22 bits per heavy atom. The van der Waals surface area contributed by atoms with Crippen molar-refractivity contribution in [3.63, 3.8) is 0 Å². The Labute approximate surface area is 104 Å². The van der Waals surface area contributed by atoms with Crippen molar-refractivity contribution in [2.24, 2.45) is 11.7 Å². The fraction of sp³-hybridized carbons (Fsp3) is 0.500. The molecular weight excluding hydrogens is 236 g/mol. The van der Waals surface area contributed by atoms with Crippen LogP contribution in [0.1, 0.15) is 26.2 Å². The summed E-state index contributed by atoms with van der Waals surface area (Å²) in [5, 5.41) is 8.90. The minimum atomic E-state index is -1.01. The molecule has 0 aromatic carbocycles. The Hall–Kier alpha value is -2.16. The van der Waals surface area contributed by atoms with Crippen LogP contribution in [-0.2, 0) is 19.1 Å². The van der Waals surface area contributed by atoms with Crippen molar-refractivity contribution in [3.05, 3.63) is 11.1 Å². The maximum Gasteiger partial charge on any atom is 0.336 e. The van der Waals surface area contributed by atoms with E-state index in [4.69, 9.17) is 15.7 Å². The third-order valence-corrected chi connectivity index (χ3v) is 2.78. The van der Waals surface area contributed by atoms with E-state index in [1.165, 1.54) is 0 Å². The lowest BCUT2D eigenvalue weighted by molar-refractivity contribution is -0.140. The van der Waals surface area contributed by atoms with Gasteiger partial charge in [-0.15, -0.1) is 0 Å². The van der Waals surface area contributed by atoms with E-state index in [1.807, 2.05) is 0 Å². The van der Waals surface area contributed by atoms with E-state index in [-0.39, 0.29) is 18.0 Å². The molecule has 0 aliphatic heterocycles. The quantitative estimate of drug-likeness (QED) is 0.436. The van der Waals surface area contributed by atoms with Crippen LogP contribution in [0.15, 0.2) is 11.1 Å². The van der Waals surface area contributed by atoms with Gasteiger partial charge in [0, 0.05) is 6.42 Å². The Morgan fingerprint density at radius 1 is 1.56 bits per heavy atom. The van der Waals surface area contributed by atoms with E-state index in [1.54, 1.807) is 13.0 Å². The number of amides is 1. The van der Waals surface area contributed by atoms with Gasteiger partial charge in [-0.05, 0) is 19.8 Å². The molecular formula is C12H14N2O4. The number of hydrogen-bond donors (Lipinski definition) is 1. The number of nitriles is 1. The molecule has 1 saturated carbocycles. The first-order valence-corrected chi connectivity index (χ1v) is 5.66. The number of nitrogens with two attached hydrogens (primary N) is 1. The standard InChI is InChI=1S/C12H14N2O4/c1-2-18-12(17)10(8(6-13)11(14)16)7-4-3-5-9(7)15/h7H,2-5H2,1H3,(H2,14,16)/b10-8+. The number of primary amides is 1. The molecule has 96 valence electrons. The fourth-order valence-electron chi connectivity index (χ4n) is 2.00. The monoisotopic (exact) mass is 250 g/mol. The third-order valence-electron chi connectivity index (χ3n) is 2.78. The summed E-state index contributed by atoms with van der Waals surface area (Å²) in [5.74, 6) is -2.73. The zero-order valence-electron chi connectivity index (χ0n) is 10.1. The second kappa shape index (κ2) is 5.96. The summed E-state index contributed by atoms with van der Waals surface area (Å²) in [6.07, 6.45) is 1.40. The average molecular weight is 250 g/mol. The molecule has 0 saturated heterocycles. The minimum absolute atomic E-state index is 0.0979. The van der Waals surface area contributed by atoms with Gasteiger partial charge in [0.2, 0.25) is 0 Å². The third kappa shape index (κ3) is 2.74. The van der Waals surface area contributed by atoms with Crippen LogP contribution < -0.4 is 5.73 Å². The minimum Gasteiger partial charge on any atom is -0.463 e. The summed E-state index contributed by atoms with van der Waals surface area (Å²) in [6, 6.07) is 1.59. The number of ketones is 1. The van der Waals surface area contributed by atoms with E-state index in [2.05, 4.69) is 0 Å². The zero-order chi connectivity index (χ0) is 13.7. The van der Waals surface area contributed by atoms with Gasteiger partial charge in [0.15, 0.2) is 0 Å². The molecule has 1 aliphatic rings. The molecule has 1 rings (SSSR count). The van der Waals surface area contributed by atoms with Gasteiger partial charge in [-0.2, -0.15) is 5.26 Å². The summed E-state index contributed by atoms with van der Waals surface area (Å²) in [6.45, 7) is 1.70. The lowest BCUT2D eigenvalue weighted by atomic mass is 9.92. The molecule has 0 bridgehead atoms. The van der Waals surface area contributed by atoms with Crippen LogP contribution in [-0.4, -0.2) is 24.3 Å². The molecule has 1 amide bonds. The van der Waals surface area contributed by atoms with Crippen molar-refractivity contribution >= 4 is 17.7 Å². The number of carbonyl (C=O) groups is 3. The van der Waals surface area contributed by atoms with Crippen molar-refractivity contribution in [1.82, 2.24) is 0 Å². The van der Waals surface area contributed by atoms with Gasteiger partial charge < -0.3 is 10.5 Å². The second-order valence-corrected chi connectivity index (χ2v) is 3.90. The van der Waals surface area contributed by atoms with Crippen molar-refractivity contribution in [3.8, 4) is 6.07 Å². The fourth-order valence-corrected chi connectivity index (χ4v) is 2.00. The molecule has 0 spiro atoms. The van der Waals surface area contributed by atoms with Gasteiger partial charge in [-0.25, -0.2) is 4.79 Å². The number of carbonyl (C=O) groups excluding carboxylic acids is 3. The maximum atomic E-state index is 11.8. The first-order valence-electron chi connectivity index (χ1n) is 5.66.